The molecule has 0 unspecified atom stereocenters. The molecule has 2 rings (SSSR count). The van der Waals surface area contributed by atoms with Crippen LogP contribution in [0, 0.1) is 0 Å². The standard InChI is InChI=1S/C12H13BrO/c13-10-5-3-4-9(8-10)11-6-1-2-7-12(11)14/h3-5,8,11H,1-2,6-7H2/t11-/m1/s1. The summed E-state index contributed by atoms with van der Waals surface area (Å²) in [7, 11) is 0. The van der Waals surface area contributed by atoms with Gasteiger partial charge in [0.25, 0.3) is 0 Å². The van der Waals surface area contributed by atoms with Crippen molar-refractivity contribution < 1.29 is 4.79 Å². The molecule has 0 aliphatic heterocycles. The van der Waals surface area contributed by atoms with Crippen molar-refractivity contribution in [2.45, 2.75) is 31.6 Å². The maximum Gasteiger partial charge on any atom is 0.140 e. The van der Waals surface area contributed by atoms with Crippen LogP contribution < -0.4 is 0 Å². The first-order chi connectivity index (χ1) is 6.77. The highest BCUT2D eigenvalue weighted by Gasteiger charge is 2.23. The Hall–Kier alpha value is -0.630. The van der Waals surface area contributed by atoms with Gasteiger partial charge in [0.1, 0.15) is 5.78 Å². The van der Waals surface area contributed by atoms with Crippen molar-refractivity contribution in [1.29, 1.82) is 0 Å². The van der Waals surface area contributed by atoms with E-state index >= 15 is 0 Å². The summed E-state index contributed by atoms with van der Waals surface area (Å²) in [5.74, 6) is 0.565. The van der Waals surface area contributed by atoms with E-state index in [0.717, 1.165) is 23.7 Å². The SMILES string of the molecule is O=C1CCCC[C@@H]1c1cccc(Br)c1. The fraction of sp³-hybridized carbons (Fsp3) is 0.417. The Morgan fingerprint density at radius 2 is 2.14 bits per heavy atom. The molecule has 1 aromatic rings. The van der Waals surface area contributed by atoms with E-state index in [0.29, 0.717) is 5.78 Å². The molecule has 0 aromatic heterocycles. The zero-order valence-corrected chi connectivity index (χ0v) is 9.59. The van der Waals surface area contributed by atoms with E-state index in [1.54, 1.807) is 0 Å². The Bertz CT molecular complexity index is 346. The van der Waals surface area contributed by atoms with Crippen LogP contribution in [0.15, 0.2) is 28.7 Å². The molecule has 0 N–H and O–H groups in total. The first kappa shape index (κ1) is 9.91. The summed E-state index contributed by atoms with van der Waals surface area (Å²) in [6.07, 6.45) is 4.04. The van der Waals surface area contributed by atoms with Crippen LogP contribution >= 0.6 is 15.9 Å². The van der Waals surface area contributed by atoms with Crippen molar-refractivity contribution in [3.05, 3.63) is 34.3 Å². The third kappa shape index (κ3) is 2.06. The summed E-state index contributed by atoms with van der Waals surface area (Å²) in [6, 6.07) is 8.12. The fourth-order valence-electron chi connectivity index (χ4n) is 2.06. The van der Waals surface area contributed by atoms with Gasteiger partial charge in [-0.2, -0.15) is 0 Å². The summed E-state index contributed by atoms with van der Waals surface area (Å²) in [5, 5.41) is 0. The molecule has 1 aliphatic rings. The smallest absolute Gasteiger partial charge is 0.140 e. The predicted octanol–water partition coefficient (Wildman–Crippen LogP) is 3.68. The van der Waals surface area contributed by atoms with Gasteiger partial charge >= 0.3 is 0 Å². The lowest BCUT2D eigenvalue weighted by atomic mass is 9.83. The van der Waals surface area contributed by atoms with Crippen molar-refractivity contribution in [3.63, 3.8) is 0 Å². The average molecular weight is 253 g/mol. The molecule has 1 saturated carbocycles. The first-order valence-corrected chi connectivity index (χ1v) is 5.85. The summed E-state index contributed by atoms with van der Waals surface area (Å²) in [5.41, 5.74) is 1.17. The fourth-order valence-corrected chi connectivity index (χ4v) is 2.48. The van der Waals surface area contributed by atoms with Gasteiger partial charge in [0.05, 0.1) is 0 Å². The Balaban J connectivity index is 2.24. The van der Waals surface area contributed by atoms with Crippen molar-refractivity contribution in [2.75, 3.05) is 0 Å². The van der Waals surface area contributed by atoms with Gasteiger partial charge in [-0.15, -0.1) is 0 Å². The maximum atomic E-state index is 11.7. The molecule has 2 heteroatoms. The van der Waals surface area contributed by atoms with Crippen molar-refractivity contribution in [1.82, 2.24) is 0 Å². The van der Waals surface area contributed by atoms with Gasteiger partial charge in [-0.3, -0.25) is 4.79 Å². The minimum atomic E-state index is 0.154. The van der Waals surface area contributed by atoms with Gasteiger partial charge in [0, 0.05) is 16.8 Å². The molecule has 14 heavy (non-hydrogen) atoms. The van der Waals surface area contributed by atoms with E-state index < -0.39 is 0 Å². The van der Waals surface area contributed by atoms with Crippen molar-refractivity contribution >= 4 is 21.7 Å². The van der Waals surface area contributed by atoms with E-state index in [1.807, 2.05) is 12.1 Å². The molecule has 1 aliphatic carbocycles. The Morgan fingerprint density at radius 1 is 1.29 bits per heavy atom. The molecule has 0 heterocycles. The molecule has 1 fully saturated rings. The van der Waals surface area contributed by atoms with Gasteiger partial charge in [0.2, 0.25) is 0 Å². The van der Waals surface area contributed by atoms with Gasteiger partial charge in [-0.25, -0.2) is 0 Å². The van der Waals surface area contributed by atoms with Gasteiger partial charge in [-0.1, -0.05) is 34.5 Å². The zero-order valence-electron chi connectivity index (χ0n) is 8.00. The lowest BCUT2D eigenvalue weighted by Crippen LogP contribution is -2.16. The largest absolute Gasteiger partial charge is 0.299 e. The summed E-state index contributed by atoms with van der Waals surface area (Å²) >= 11 is 3.44. The number of benzene rings is 1. The Morgan fingerprint density at radius 3 is 2.86 bits per heavy atom. The zero-order chi connectivity index (χ0) is 9.97. The highest BCUT2D eigenvalue weighted by Crippen LogP contribution is 2.30. The third-order valence-corrected chi connectivity index (χ3v) is 3.30. The molecule has 0 spiro atoms. The van der Waals surface area contributed by atoms with Gasteiger partial charge < -0.3 is 0 Å². The second-order valence-corrected chi connectivity index (χ2v) is 4.74. The number of hydrogen-bond acceptors (Lipinski definition) is 1. The van der Waals surface area contributed by atoms with Crippen LogP contribution in [0.2, 0.25) is 0 Å². The Labute approximate surface area is 92.6 Å². The number of rotatable bonds is 1. The predicted molar refractivity (Wildman–Crippen MR) is 60.4 cm³/mol. The highest BCUT2D eigenvalue weighted by molar-refractivity contribution is 9.10. The first-order valence-electron chi connectivity index (χ1n) is 5.05. The minimum absolute atomic E-state index is 0.154. The second kappa shape index (κ2) is 4.26. The second-order valence-electron chi connectivity index (χ2n) is 3.82. The summed E-state index contributed by atoms with van der Waals surface area (Å²) in [4.78, 5) is 11.7. The van der Waals surface area contributed by atoms with E-state index in [9.17, 15) is 4.79 Å². The van der Waals surface area contributed by atoms with E-state index in [4.69, 9.17) is 0 Å². The lowest BCUT2D eigenvalue weighted by Gasteiger charge is -2.20. The van der Waals surface area contributed by atoms with E-state index in [-0.39, 0.29) is 5.92 Å². The molecule has 0 saturated heterocycles. The van der Waals surface area contributed by atoms with Crippen LogP contribution in [0.25, 0.3) is 0 Å². The quantitative estimate of drug-likeness (QED) is 0.746. The third-order valence-electron chi connectivity index (χ3n) is 2.81. The van der Waals surface area contributed by atoms with Crippen molar-refractivity contribution in [3.8, 4) is 0 Å². The van der Waals surface area contributed by atoms with Gasteiger partial charge in [0.15, 0.2) is 0 Å². The van der Waals surface area contributed by atoms with Crippen LogP contribution in [-0.4, -0.2) is 5.78 Å². The maximum absolute atomic E-state index is 11.7. The van der Waals surface area contributed by atoms with Crippen LogP contribution in [-0.2, 0) is 4.79 Å². The molecule has 1 nitrogen and oxygen atoms in total. The molecule has 0 amide bonds. The van der Waals surface area contributed by atoms with Crippen LogP contribution in [0.3, 0.4) is 0 Å². The summed E-state index contributed by atoms with van der Waals surface area (Å²) in [6.45, 7) is 0. The van der Waals surface area contributed by atoms with Crippen molar-refractivity contribution in [2.24, 2.45) is 0 Å². The molecule has 1 atom stereocenters. The van der Waals surface area contributed by atoms with E-state index in [1.165, 1.54) is 12.0 Å². The molecular weight excluding hydrogens is 240 g/mol. The number of carbonyl (C=O) groups excluding carboxylic acids is 1. The average Bonchev–Trinajstić information content (AvgIpc) is 2.18. The van der Waals surface area contributed by atoms with Crippen LogP contribution in [0.5, 0.6) is 0 Å². The molecule has 0 bridgehead atoms. The normalized spacial score (nSPS) is 22.4. The summed E-state index contributed by atoms with van der Waals surface area (Å²) < 4.78 is 1.06. The number of hydrogen-bond donors (Lipinski definition) is 0. The molecule has 74 valence electrons. The molecular formula is C12H13BrO. The van der Waals surface area contributed by atoms with Crippen LogP contribution in [0.1, 0.15) is 37.2 Å². The number of ketones is 1. The minimum Gasteiger partial charge on any atom is -0.299 e. The lowest BCUT2D eigenvalue weighted by molar-refractivity contribution is -0.121. The number of Topliss-reactive ketones (excluding diaryl/α,β-unsaturated/α-hetero) is 1. The van der Waals surface area contributed by atoms with E-state index in [2.05, 4.69) is 28.1 Å². The number of carbonyl (C=O) groups is 1. The highest BCUT2D eigenvalue weighted by atomic mass is 79.9. The monoisotopic (exact) mass is 252 g/mol. The van der Waals surface area contributed by atoms with Gasteiger partial charge in [-0.05, 0) is 30.5 Å². The molecule has 0 radical (unpaired) electrons. The Kier molecular flexibility index (Phi) is 3.02. The van der Waals surface area contributed by atoms with Crippen LogP contribution in [0.4, 0.5) is 0 Å². The topological polar surface area (TPSA) is 17.1 Å². The number of halogens is 1. The molecule has 1 aromatic carbocycles.